The number of hydrogen-bond donors (Lipinski definition) is 2. The first-order valence-electron chi connectivity index (χ1n) is 12.7. The number of aromatic nitrogens is 2. The lowest BCUT2D eigenvalue weighted by Crippen LogP contribution is -2.53. The van der Waals surface area contributed by atoms with Gasteiger partial charge in [0.15, 0.2) is 17.3 Å². The highest BCUT2D eigenvalue weighted by Crippen LogP contribution is 2.26. The molecule has 0 saturated carbocycles. The second-order valence-electron chi connectivity index (χ2n) is 9.99. The number of ketones is 3. The van der Waals surface area contributed by atoms with Crippen molar-refractivity contribution >= 4 is 17.3 Å². The largest absolute Gasteiger partial charge is 0.328 e. The van der Waals surface area contributed by atoms with Crippen LogP contribution in [-0.2, 0) is 4.79 Å². The molecule has 0 bridgehead atoms. The van der Waals surface area contributed by atoms with Gasteiger partial charge in [0, 0.05) is 47.5 Å². The van der Waals surface area contributed by atoms with Crippen LogP contribution in [0.1, 0.15) is 60.2 Å². The number of H-pyrrole nitrogens is 2. The van der Waals surface area contributed by atoms with E-state index in [0.717, 1.165) is 0 Å². The number of pyridine rings is 2. The maximum atomic E-state index is 13.3. The molecule has 2 N–H and O–H groups in total. The highest BCUT2D eigenvalue weighted by Gasteiger charge is 2.35. The Morgan fingerprint density at radius 1 is 0.694 bits per heavy atom. The quantitative estimate of drug-likeness (QED) is 0.537. The summed E-state index contributed by atoms with van der Waals surface area (Å²) < 4.78 is 0. The minimum Gasteiger partial charge on any atom is -0.328 e. The maximum absolute atomic E-state index is 13.3. The number of nitrogens with zero attached hydrogens (tertiary/aromatic N) is 2. The Morgan fingerprint density at radius 2 is 1.06 bits per heavy atom. The fourth-order valence-electron chi connectivity index (χ4n) is 5.41. The fourth-order valence-corrected chi connectivity index (χ4v) is 5.41. The summed E-state index contributed by atoms with van der Waals surface area (Å²) in [7, 11) is 0. The Bertz CT molecular complexity index is 1080. The summed E-state index contributed by atoms with van der Waals surface area (Å²) in [6.45, 7) is 6.58. The van der Waals surface area contributed by atoms with Gasteiger partial charge in [-0.15, -0.1) is 0 Å². The lowest BCUT2D eigenvalue weighted by molar-refractivity contribution is -0.129. The topological polar surface area (TPSA) is 123 Å². The molecule has 9 heteroatoms. The minimum atomic E-state index is -0.246. The Balaban J connectivity index is 1.26. The molecule has 192 valence electrons. The average molecular weight is 495 g/mol. The smallest absolute Gasteiger partial charge is 0.247 e. The van der Waals surface area contributed by atoms with Crippen LogP contribution in [0.15, 0.2) is 46.2 Å². The Labute approximate surface area is 209 Å². The lowest BCUT2D eigenvalue weighted by atomic mass is 9.87. The van der Waals surface area contributed by atoms with E-state index in [1.165, 1.54) is 24.5 Å². The van der Waals surface area contributed by atoms with Crippen LogP contribution in [0.4, 0.5) is 0 Å². The second-order valence-corrected chi connectivity index (χ2v) is 9.99. The van der Waals surface area contributed by atoms with Gasteiger partial charge in [-0.2, -0.15) is 0 Å². The number of likely N-dealkylation sites (tertiary alicyclic amines) is 2. The van der Waals surface area contributed by atoms with Crippen molar-refractivity contribution in [3.63, 3.8) is 0 Å². The molecular formula is C27H34N4O5. The van der Waals surface area contributed by atoms with E-state index in [1.807, 2.05) is 13.8 Å². The van der Waals surface area contributed by atoms with Crippen molar-refractivity contribution in [3.05, 3.63) is 68.5 Å². The summed E-state index contributed by atoms with van der Waals surface area (Å²) in [6, 6.07) is 5.38. The first-order chi connectivity index (χ1) is 17.2. The van der Waals surface area contributed by atoms with Crippen LogP contribution in [0.25, 0.3) is 0 Å². The number of aromatic amines is 2. The van der Waals surface area contributed by atoms with Gasteiger partial charge in [0.2, 0.25) is 11.1 Å². The molecule has 4 rings (SSSR count). The summed E-state index contributed by atoms with van der Waals surface area (Å²) in [5.41, 5.74) is 0.585. The van der Waals surface area contributed by atoms with Crippen LogP contribution in [0.2, 0.25) is 0 Å². The van der Waals surface area contributed by atoms with Crippen LogP contribution >= 0.6 is 0 Å². The minimum absolute atomic E-state index is 0.0394. The molecule has 0 aliphatic carbocycles. The normalized spacial score (nSPS) is 20.1. The molecular weight excluding hydrogens is 460 g/mol. The van der Waals surface area contributed by atoms with Crippen LogP contribution in [0.3, 0.4) is 0 Å². The van der Waals surface area contributed by atoms with Crippen molar-refractivity contribution in [1.29, 1.82) is 0 Å². The molecule has 2 aliphatic rings. The fraction of sp³-hybridized carbons (Fsp3) is 0.519. The predicted octanol–water partition coefficient (Wildman–Crippen LogP) is 1.90. The van der Waals surface area contributed by atoms with Gasteiger partial charge in [0.25, 0.3) is 0 Å². The van der Waals surface area contributed by atoms with Crippen molar-refractivity contribution in [2.75, 3.05) is 26.2 Å². The standard InChI is InChI=1S/C27H34N4O5/c1-17(30-11-7-19(8-12-30)26(35)21-3-5-23(32)28-15-21)25(34)18(2)31-13-9-20(10-14-31)27(36)22-4-6-24(33)29-16-22/h3-6,15-20H,7-14H2,1-2H3,(H,28,32)(H,29,33). The van der Waals surface area contributed by atoms with Gasteiger partial charge in [-0.25, -0.2) is 0 Å². The van der Waals surface area contributed by atoms with Crippen molar-refractivity contribution in [1.82, 2.24) is 19.8 Å². The molecule has 0 radical (unpaired) electrons. The van der Waals surface area contributed by atoms with Gasteiger partial charge in [0.05, 0.1) is 12.1 Å². The molecule has 2 unspecified atom stereocenters. The van der Waals surface area contributed by atoms with Crippen LogP contribution in [0.5, 0.6) is 0 Å². The van der Waals surface area contributed by atoms with Gasteiger partial charge in [-0.1, -0.05) is 0 Å². The van der Waals surface area contributed by atoms with Crippen LogP contribution in [-0.4, -0.2) is 75.4 Å². The first kappa shape index (κ1) is 25.9. The van der Waals surface area contributed by atoms with Crippen LogP contribution < -0.4 is 11.1 Å². The van der Waals surface area contributed by atoms with Crippen molar-refractivity contribution in [2.45, 2.75) is 51.6 Å². The molecule has 2 aliphatic heterocycles. The van der Waals surface area contributed by atoms with E-state index in [0.29, 0.717) is 63.0 Å². The van der Waals surface area contributed by atoms with E-state index < -0.39 is 0 Å². The molecule has 2 fully saturated rings. The average Bonchev–Trinajstić information content (AvgIpc) is 2.92. The van der Waals surface area contributed by atoms with Gasteiger partial charge in [0.1, 0.15) is 0 Å². The first-order valence-corrected chi connectivity index (χ1v) is 12.7. The lowest BCUT2D eigenvalue weighted by Gasteiger charge is -2.39. The molecule has 4 heterocycles. The molecule has 2 aromatic rings. The highest BCUT2D eigenvalue weighted by atomic mass is 16.1. The predicted molar refractivity (Wildman–Crippen MR) is 135 cm³/mol. The van der Waals surface area contributed by atoms with Crippen molar-refractivity contribution < 1.29 is 14.4 Å². The van der Waals surface area contributed by atoms with E-state index >= 15 is 0 Å². The van der Waals surface area contributed by atoms with E-state index in [2.05, 4.69) is 19.8 Å². The number of carbonyl (C=O) groups is 3. The van der Waals surface area contributed by atoms with E-state index in [4.69, 9.17) is 0 Å². The third-order valence-corrected chi connectivity index (χ3v) is 7.86. The maximum Gasteiger partial charge on any atom is 0.247 e. The van der Waals surface area contributed by atoms with Crippen molar-refractivity contribution in [2.24, 2.45) is 11.8 Å². The number of Topliss-reactive ketones (excluding diaryl/α,β-unsaturated/α-hetero) is 3. The summed E-state index contributed by atoms with van der Waals surface area (Å²) in [6.07, 6.45) is 5.68. The molecule has 9 nitrogen and oxygen atoms in total. The Kier molecular flexibility index (Phi) is 8.11. The summed E-state index contributed by atoms with van der Waals surface area (Å²) in [4.78, 5) is 70.7. The third-order valence-electron chi connectivity index (χ3n) is 7.86. The van der Waals surface area contributed by atoms with E-state index in [9.17, 15) is 24.0 Å². The number of carbonyl (C=O) groups excluding carboxylic acids is 3. The van der Waals surface area contributed by atoms with Gasteiger partial charge >= 0.3 is 0 Å². The van der Waals surface area contributed by atoms with E-state index in [-0.39, 0.29) is 52.4 Å². The zero-order valence-corrected chi connectivity index (χ0v) is 20.9. The van der Waals surface area contributed by atoms with Crippen LogP contribution in [0, 0.1) is 11.8 Å². The summed E-state index contributed by atoms with van der Waals surface area (Å²) >= 11 is 0. The zero-order chi connectivity index (χ0) is 25.8. The van der Waals surface area contributed by atoms with Crippen molar-refractivity contribution in [3.8, 4) is 0 Å². The second kappa shape index (κ2) is 11.3. The molecule has 2 aromatic heterocycles. The highest BCUT2D eigenvalue weighted by molar-refractivity contribution is 5.98. The SMILES string of the molecule is CC(C(=O)C(C)N1CCC(C(=O)c2ccc(=O)[nH]c2)CC1)N1CCC(C(=O)c2ccc(=O)[nH]c2)CC1. The monoisotopic (exact) mass is 494 g/mol. The number of nitrogens with one attached hydrogen (secondary N) is 2. The number of hydrogen-bond acceptors (Lipinski definition) is 7. The number of piperidine rings is 2. The Hall–Kier alpha value is -3.17. The van der Waals surface area contributed by atoms with Gasteiger partial charge < -0.3 is 9.97 Å². The molecule has 36 heavy (non-hydrogen) atoms. The molecule has 0 amide bonds. The molecule has 2 atom stereocenters. The summed E-state index contributed by atoms with van der Waals surface area (Å²) in [5.74, 6) is 0.0256. The van der Waals surface area contributed by atoms with Gasteiger partial charge in [-0.3, -0.25) is 33.8 Å². The molecule has 0 aromatic carbocycles. The van der Waals surface area contributed by atoms with Gasteiger partial charge in [-0.05, 0) is 77.8 Å². The summed E-state index contributed by atoms with van der Waals surface area (Å²) in [5, 5.41) is 0. The third kappa shape index (κ3) is 5.79. The Morgan fingerprint density at radius 3 is 1.36 bits per heavy atom. The zero-order valence-electron chi connectivity index (χ0n) is 20.9. The number of rotatable bonds is 8. The molecule has 2 saturated heterocycles. The van der Waals surface area contributed by atoms with E-state index in [1.54, 1.807) is 12.1 Å². The molecule has 0 spiro atoms.